The van der Waals surface area contributed by atoms with Gasteiger partial charge < -0.3 is 9.47 Å². The minimum atomic E-state index is -3.47. The molecule has 4 nitrogen and oxygen atoms in total. The van der Waals surface area contributed by atoms with Gasteiger partial charge in [0.1, 0.15) is 0 Å². The summed E-state index contributed by atoms with van der Waals surface area (Å²) in [6.45, 7) is 11.2. The lowest BCUT2D eigenvalue weighted by Crippen LogP contribution is -2.26. The Morgan fingerprint density at radius 3 is 2.11 bits per heavy atom. The van der Waals surface area contributed by atoms with Gasteiger partial charge in [-0.2, -0.15) is 0 Å². The highest BCUT2D eigenvalue weighted by Crippen LogP contribution is 2.16. The van der Waals surface area contributed by atoms with E-state index in [0.717, 1.165) is 0 Å². The largest absolute Gasteiger partial charge is 0.379 e. The van der Waals surface area contributed by atoms with Crippen molar-refractivity contribution >= 4 is 19.7 Å². The van der Waals surface area contributed by atoms with Gasteiger partial charge in [0.15, 0.2) is 0 Å². The van der Waals surface area contributed by atoms with Crippen LogP contribution in [0.1, 0.15) is 34.6 Å². The van der Waals surface area contributed by atoms with Crippen LogP contribution in [0.4, 0.5) is 0 Å². The third-order valence-corrected chi connectivity index (χ3v) is 3.65. The summed E-state index contributed by atoms with van der Waals surface area (Å²) in [7, 11) is 1.79. The molecule has 1 unspecified atom stereocenters. The van der Waals surface area contributed by atoms with Crippen molar-refractivity contribution in [2.24, 2.45) is 11.8 Å². The van der Waals surface area contributed by atoms with Crippen molar-refractivity contribution in [3.05, 3.63) is 0 Å². The zero-order valence-electron chi connectivity index (χ0n) is 11.9. The molecule has 6 heteroatoms. The Morgan fingerprint density at radius 1 is 1.17 bits per heavy atom. The Hall–Kier alpha value is 0.160. The first-order chi connectivity index (χ1) is 8.01. The fourth-order valence-electron chi connectivity index (χ4n) is 1.33. The van der Waals surface area contributed by atoms with Gasteiger partial charge in [0.2, 0.25) is 9.05 Å². The minimum Gasteiger partial charge on any atom is -0.379 e. The van der Waals surface area contributed by atoms with Crippen molar-refractivity contribution in [1.82, 2.24) is 0 Å². The van der Waals surface area contributed by atoms with Crippen LogP contribution in [0.15, 0.2) is 0 Å². The molecule has 0 spiro atoms. The number of rotatable bonds is 8. The van der Waals surface area contributed by atoms with E-state index in [2.05, 4.69) is 0 Å². The normalized spacial score (nSPS) is 15.1. The summed E-state index contributed by atoms with van der Waals surface area (Å²) in [6.07, 6.45) is 0. The monoisotopic (exact) mass is 300 g/mol. The van der Waals surface area contributed by atoms with Crippen LogP contribution in [-0.2, 0) is 18.5 Å². The smallest absolute Gasteiger partial charge is 0.232 e. The minimum absolute atomic E-state index is 0.0493. The Morgan fingerprint density at radius 2 is 1.72 bits per heavy atom. The van der Waals surface area contributed by atoms with Crippen LogP contribution in [-0.4, -0.2) is 39.6 Å². The molecule has 0 N–H and O–H groups in total. The molecule has 110 valence electrons. The summed E-state index contributed by atoms with van der Waals surface area (Å²) in [5.41, 5.74) is -0.180. The number of halogens is 1. The molecule has 0 saturated heterocycles. The second kappa shape index (κ2) is 7.68. The third-order valence-electron chi connectivity index (χ3n) is 2.45. The van der Waals surface area contributed by atoms with E-state index in [9.17, 15) is 8.42 Å². The topological polar surface area (TPSA) is 52.6 Å². The number of ether oxygens (including phenoxy) is 2. The van der Waals surface area contributed by atoms with Crippen LogP contribution in [0, 0.1) is 11.8 Å². The van der Waals surface area contributed by atoms with Gasteiger partial charge in [0.05, 0.1) is 31.2 Å². The predicted octanol–water partition coefficient (Wildman–Crippen LogP) is 2.66. The first-order valence-electron chi connectivity index (χ1n) is 6.15. The summed E-state index contributed by atoms with van der Waals surface area (Å²) in [5.74, 6) is 0.0796. The van der Waals surface area contributed by atoms with Crippen molar-refractivity contribution in [1.29, 1.82) is 0 Å². The molecule has 18 heavy (non-hydrogen) atoms. The number of hydrogen-bond acceptors (Lipinski definition) is 4. The summed E-state index contributed by atoms with van der Waals surface area (Å²) in [6, 6.07) is 0. The predicted molar refractivity (Wildman–Crippen MR) is 74.5 cm³/mol. The first kappa shape index (κ1) is 18.2. The molecular weight excluding hydrogens is 276 g/mol. The third kappa shape index (κ3) is 11.3. The molecule has 0 fully saturated rings. The van der Waals surface area contributed by atoms with Gasteiger partial charge in [-0.05, 0) is 32.6 Å². The fraction of sp³-hybridized carbons (Fsp3) is 1.00. The Bertz CT molecular complexity index is 319. The van der Waals surface area contributed by atoms with Crippen molar-refractivity contribution in [2.75, 3.05) is 25.6 Å². The van der Waals surface area contributed by atoms with Crippen molar-refractivity contribution in [2.45, 2.75) is 40.2 Å². The quantitative estimate of drug-likeness (QED) is 0.511. The molecule has 0 bridgehead atoms. The van der Waals surface area contributed by atoms with Crippen LogP contribution in [0.5, 0.6) is 0 Å². The van der Waals surface area contributed by atoms with E-state index in [1.54, 1.807) is 0 Å². The summed E-state index contributed by atoms with van der Waals surface area (Å²) in [5, 5.41) is 0. The van der Waals surface area contributed by atoms with Gasteiger partial charge in [-0.25, -0.2) is 8.42 Å². The Kier molecular flexibility index (Phi) is 7.75. The molecule has 0 rings (SSSR count). The van der Waals surface area contributed by atoms with E-state index in [0.29, 0.717) is 19.8 Å². The van der Waals surface area contributed by atoms with Gasteiger partial charge >= 0.3 is 0 Å². The van der Waals surface area contributed by atoms with Gasteiger partial charge in [-0.1, -0.05) is 13.8 Å². The fourth-order valence-corrected chi connectivity index (χ4v) is 2.81. The molecule has 0 saturated carbocycles. The first-order valence-corrected chi connectivity index (χ1v) is 8.63. The molecule has 0 amide bonds. The molecule has 0 radical (unpaired) electrons. The molecule has 0 aromatic heterocycles. The van der Waals surface area contributed by atoms with Gasteiger partial charge in [0, 0.05) is 10.7 Å². The van der Waals surface area contributed by atoms with Gasteiger partial charge in [0.25, 0.3) is 0 Å². The van der Waals surface area contributed by atoms with Gasteiger partial charge in [-0.3, -0.25) is 0 Å². The molecule has 0 aromatic carbocycles. The van der Waals surface area contributed by atoms with Gasteiger partial charge in [-0.15, -0.1) is 0 Å². The second-order valence-corrected chi connectivity index (χ2v) is 8.57. The number of hydrogen-bond donors (Lipinski definition) is 0. The SMILES string of the molecule is CC(C)C(COCCOC(C)(C)C)CS(=O)(=O)Cl. The van der Waals surface area contributed by atoms with Crippen LogP contribution in [0.3, 0.4) is 0 Å². The maximum Gasteiger partial charge on any atom is 0.232 e. The maximum atomic E-state index is 11.1. The van der Waals surface area contributed by atoms with Crippen molar-refractivity contribution in [3.8, 4) is 0 Å². The van der Waals surface area contributed by atoms with E-state index >= 15 is 0 Å². The standard InChI is InChI=1S/C12H25ClO4S/c1-10(2)11(9-18(13,14)15)8-16-6-7-17-12(3,4)5/h10-11H,6-9H2,1-5H3. The Labute approximate surface area is 115 Å². The summed E-state index contributed by atoms with van der Waals surface area (Å²) < 4.78 is 33.1. The lowest BCUT2D eigenvalue weighted by Gasteiger charge is -2.21. The molecule has 0 heterocycles. The van der Waals surface area contributed by atoms with Crippen molar-refractivity contribution < 1.29 is 17.9 Å². The van der Waals surface area contributed by atoms with E-state index in [-0.39, 0.29) is 23.2 Å². The lowest BCUT2D eigenvalue weighted by molar-refractivity contribution is -0.0401. The molecule has 0 aromatic rings. The van der Waals surface area contributed by atoms with Crippen LogP contribution in [0.2, 0.25) is 0 Å². The van der Waals surface area contributed by atoms with Crippen LogP contribution < -0.4 is 0 Å². The maximum absolute atomic E-state index is 11.1. The van der Waals surface area contributed by atoms with E-state index in [4.69, 9.17) is 20.2 Å². The second-order valence-electron chi connectivity index (χ2n) is 5.75. The summed E-state index contributed by atoms with van der Waals surface area (Å²) in [4.78, 5) is 0. The molecule has 0 aliphatic rings. The Balaban J connectivity index is 3.93. The summed E-state index contributed by atoms with van der Waals surface area (Å²) >= 11 is 0. The molecule has 0 aliphatic carbocycles. The average Bonchev–Trinajstić information content (AvgIpc) is 2.11. The van der Waals surface area contributed by atoms with Crippen LogP contribution >= 0.6 is 10.7 Å². The zero-order valence-corrected chi connectivity index (χ0v) is 13.5. The molecule has 0 aliphatic heterocycles. The zero-order chi connectivity index (χ0) is 14.4. The van der Waals surface area contributed by atoms with E-state index < -0.39 is 9.05 Å². The molecular formula is C12H25ClO4S. The molecule has 1 atom stereocenters. The van der Waals surface area contributed by atoms with E-state index in [1.165, 1.54) is 0 Å². The highest BCUT2D eigenvalue weighted by Gasteiger charge is 2.20. The highest BCUT2D eigenvalue weighted by molar-refractivity contribution is 8.13. The van der Waals surface area contributed by atoms with Crippen LogP contribution in [0.25, 0.3) is 0 Å². The average molecular weight is 301 g/mol. The van der Waals surface area contributed by atoms with Crippen molar-refractivity contribution in [3.63, 3.8) is 0 Å². The lowest BCUT2D eigenvalue weighted by atomic mass is 9.99. The van der Waals surface area contributed by atoms with E-state index in [1.807, 2.05) is 34.6 Å². The highest BCUT2D eigenvalue weighted by atomic mass is 35.7.